The van der Waals surface area contributed by atoms with Gasteiger partial charge in [0, 0.05) is 5.92 Å². The Morgan fingerprint density at radius 2 is 1.93 bits per heavy atom. The van der Waals surface area contributed by atoms with Gasteiger partial charge < -0.3 is 5.11 Å². The highest BCUT2D eigenvalue weighted by Crippen LogP contribution is 2.53. The van der Waals surface area contributed by atoms with Crippen molar-refractivity contribution < 1.29 is 5.11 Å². The zero-order valence-electron chi connectivity index (χ0n) is 8.92. The molecule has 0 heterocycles. The van der Waals surface area contributed by atoms with Crippen LogP contribution in [0.4, 0.5) is 0 Å². The van der Waals surface area contributed by atoms with Crippen molar-refractivity contribution in [1.82, 2.24) is 0 Å². The van der Waals surface area contributed by atoms with E-state index in [4.69, 9.17) is 0 Å². The van der Waals surface area contributed by atoms with Gasteiger partial charge in [-0.1, -0.05) is 12.8 Å². The van der Waals surface area contributed by atoms with Crippen LogP contribution in [0.3, 0.4) is 0 Å². The first kappa shape index (κ1) is 9.98. The van der Waals surface area contributed by atoms with E-state index in [1.54, 1.807) is 0 Å². The van der Waals surface area contributed by atoms with Gasteiger partial charge in [-0.3, -0.25) is 0 Å². The van der Waals surface area contributed by atoms with Gasteiger partial charge in [0.15, 0.2) is 0 Å². The molecule has 3 atom stereocenters. The third-order valence-corrected chi connectivity index (χ3v) is 4.31. The summed E-state index contributed by atoms with van der Waals surface area (Å²) in [7, 11) is 0. The summed E-state index contributed by atoms with van der Waals surface area (Å²) in [5.41, 5.74) is -0.783. The number of hydrogen-bond donors (Lipinski definition) is 1. The second-order valence-electron chi connectivity index (χ2n) is 5.28. The fourth-order valence-corrected chi connectivity index (χ4v) is 3.57. The molecule has 14 heavy (non-hydrogen) atoms. The lowest BCUT2D eigenvalue weighted by molar-refractivity contribution is -0.0985. The molecule has 2 aliphatic carbocycles. The van der Waals surface area contributed by atoms with Gasteiger partial charge in [-0.05, 0) is 39.0 Å². The van der Waals surface area contributed by atoms with Crippen LogP contribution in [0, 0.1) is 22.7 Å². The molecule has 2 rings (SSSR count). The van der Waals surface area contributed by atoms with Crippen molar-refractivity contribution in [3.63, 3.8) is 0 Å². The number of nitriles is 1. The Bertz CT molecular complexity index is 262. The molecule has 1 N–H and O–H groups in total. The summed E-state index contributed by atoms with van der Waals surface area (Å²) in [5.74, 6) is 0.225. The fraction of sp³-hybridized carbons (Fsp3) is 0.917. The first-order valence-corrected chi connectivity index (χ1v) is 5.74. The van der Waals surface area contributed by atoms with E-state index in [-0.39, 0.29) is 11.3 Å². The van der Waals surface area contributed by atoms with E-state index in [2.05, 4.69) is 6.07 Å². The van der Waals surface area contributed by atoms with Crippen LogP contribution in [0.15, 0.2) is 0 Å². The van der Waals surface area contributed by atoms with E-state index >= 15 is 0 Å². The van der Waals surface area contributed by atoms with Crippen molar-refractivity contribution in [2.24, 2.45) is 11.3 Å². The smallest absolute Gasteiger partial charge is 0.0693 e. The van der Waals surface area contributed by atoms with Gasteiger partial charge in [-0.2, -0.15) is 5.26 Å². The lowest BCUT2D eigenvalue weighted by atomic mass is 9.55. The van der Waals surface area contributed by atoms with E-state index in [0.29, 0.717) is 0 Å². The van der Waals surface area contributed by atoms with Gasteiger partial charge in [0.2, 0.25) is 0 Å². The van der Waals surface area contributed by atoms with Gasteiger partial charge in [-0.25, -0.2) is 0 Å². The number of hydrogen-bond acceptors (Lipinski definition) is 2. The summed E-state index contributed by atoms with van der Waals surface area (Å²) in [6.45, 7) is 1.92. The zero-order chi connectivity index (χ0) is 10.2. The molecule has 0 aliphatic heterocycles. The Labute approximate surface area is 85.9 Å². The van der Waals surface area contributed by atoms with Crippen LogP contribution in [0.1, 0.15) is 51.9 Å². The maximum absolute atomic E-state index is 10.3. The quantitative estimate of drug-likeness (QED) is 0.642. The molecule has 0 amide bonds. The number of nitrogens with zero attached hydrogens (tertiary/aromatic N) is 1. The van der Waals surface area contributed by atoms with Crippen molar-refractivity contribution in [3.8, 4) is 6.07 Å². The summed E-state index contributed by atoms with van der Waals surface area (Å²) in [6.07, 6.45) is 7.29. The Hall–Kier alpha value is -0.550. The molecule has 0 unspecified atom stereocenters. The topological polar surface area (TPSA) is 44.0 Å². The summed E-state index contributed by atoms with van der Waals surface area (Å²) in [6, 6.07) is 2.51. The number of aliphatic hydroxyl groups is 1. The van der Waals surface area contributed by atoms with Crippen LogP contribution < -0.4 is 0 Å². The fourth-order valence-electron chi connectivity index (χ4n) is 3.57. The van der Waals surface area contributed by atoms with Crippen molar-refractivity contribution in [3.05, 3.63) is 0 Å². The van der Waals surface area contributed by atoms with Crippen LogP contribution >= 0.6 is 0 Å². The molecule has 2 saturated carbocycles. The van der Waals surface area contributed by atoms with E-state index < -0.39 is 5.60 Å². The minimum Gasteiger partial charge on any atom is -0.390 e. The van der Waals surface area contributed by atoms with Gasteiger partial charge in [0.25, 0.3) is 0 Å². The normalized spacial score (nSPS) is 47.9. The summed E-state index contributed by atoms with van der Waals surface area (Å²) in [4.78, 5) is 0. The van der Waals surface area contributed by atoms with E-state index in [1.165, 1.54) is 12.8 Å². The molecule has 0 aromatic heterocycles. The SMILES string of the molecule is C[C@]1(O)CCC[C@@]2(C#N)CCCC[C@H]21. The Morgan fingerprint density at radius 1 is 1.21 bits per heavy atom. The second kappa shape index (κ2) is 3.24. The van der Waals surface area contributed by atoms with Crippen LogP contribution in [0.5, 0.6) is 0 Å². The van der Waals surface area contributed by atoms with Gasteiger partial charge in [0.05, 0.1) is 17.1 Å². The molecule has 0 aromatic rings. The maximum atomic E-state index is 10.3. The zero-order valence-corrected chi connectivity index (χ0v) is 8.92. The second-order valence-corrected chi connectivity index (χ2v) is 5.28. The summed E-state index contributed by atoms with van der Waals surface area (Å²) < 4.78 is 0. The van der Waals surface area contributed by atoms with E-state index in [9.17, 15) is 10.4 Å². The molecule has 0 aromatic carbocycles. The molecule has 0 spiro atoms. The third kappa shape index (κ3) is 1.35. The van der Waals surface area contributed by atoms with Crippen molar-refractivity contribution >= 4 is 0 Å². The average molecular weight is 193 g/mol. The van der Waals surface area contributed by atoms with Crippen LogP contribution in [-0.2, 0) is 0 Å². The van der Waals surface area contributed by atoms with Crippen molar-refractivity contribution in [1.29, 1.82) is 5.26 Å². The van der Waals surface area contributed by atoms with E-state index in [0.717, 1.165) is 32.1 Å². The highest BCUT2D eigenvalue weighted by molar-refractivity contribution is 5.11. The lowest BCUT2D eigenvalue weighted by Crippen LogP contribution is -2.50. The first-order valence-electron chi connectivity index (χ1n) is 5.74. The standard InChI is InChI=1S/C12H19NO/c1-11(14)6-4-8-12(9-13)7-3-2-5-10(11)12/h10,14H,2-8H2,1H3/t10-,11-,12+/m0/s1. The van der Waals surface area contributed by atoms with Crippen LogP contribution in [0.25, 0.3) is 0 Å². The van der Waals surface area contributed by atoms with Crippen LogP contribution in [-0.4, -0.2) is 10.7 Å². The monoisotopic (exact) mass is 193 g/mol. The highest BCUT2D eigenvalue weighted by atomic mass is 16.3. The molecular formula is C12H19NO. The van der Waals surface area contributed by atoms with Gasteiger partial charge >= 0.3 is 0 Å². The summed E-state index contributed by atoms with van der Waals surface area (Å²) in [5, 5.41) is 19.7. The third-order valence-electron chi connectivity index (χ3n) is 4.31. The molecule has 0 radical (unpaired) electrons. The number of rotatable bonds is 0. The van der Waals surface area contributed by atoms with Gasteiger partial charge in [-0.15, -0.1) is 0 Å². The predicted molar refractivity (Wildman–Crippen MR) is 54.5 cm³/mol. The molecule has 2 heteroatoms. The minimum absolute atomic E-state index is 0.194. The highest BCUT2D eigenvalue weighted by Gasteiger charge is 2.51. The predicted octanol–water partition coefficient (Wildman–Crippen LogP) is 2.62. The van der Waals surface area contributed by atoms with Crippen molar-refractivity contribution in [2.75, 3.05) is 0 Å². The van der Waals surface area contributed by atoms with Gasteiger partial charge in [0.1, 0.15) is 0 Å². The largest absolute Gasteiger partial charge is 0.390 e. The Balaban J connectivity index is 2.30. The molecule has 0 bridgehead atoms. The molecule has 2 aliphatic rings. The summed E-state index contributed by atoms with van der Waals surface area (Å²) >= 11 is 0. The van der Waals surface area contributed by atoms with E-state index in [1.807, 2.05) is 6.92 Å². The average Bonchev–Trinajstić information content (AvgIpc) is 2.17. The minimum atomic E-state index is -0.589. The lowest BCUT2D eigenvalue weighted by Gasteiger charge is -2.50. The Kier molecular flexibility index (Phi) is 2.31. The molecule has 0 saturated heterocycles. The first-order chi connectivity index (χ1) is 6.61. The molecular weight excluding hydrogens is 174 g/mol. The number of fused-ring (bicyclic) bond motifs is 1. The Morgan fingerprint density at radius 3 is 2.57 bits per heavy atom. The van der Waals surface area contributed by atoms with Crippen LogP contribution in [0.2, 0.25) is 0 Å². The molecule has 2 fully saturated rings. The maximum Gasteiger partial charge on any atom is 0.0693 e. The molecule has 2 nitrogen and oxygen atoms in total. The van der Waals surface area contributed by atoms with Crippen molar-refractivity contribution in [2.45, 2.75) is 57.5 Å². The molecule has 78 valence electrons.